The summed E-state index contributed by atoms with van der Waals surface area (Å²) in [5.74, 6) is 0.915. The van der Waals surface area contributed by atoms with Gasteiger partial charge in [-0.3, -0.25) is 4.21 Å². The van der Waals surface area contributed by atoms with Crippen molar-refractivity contribution in [1.82, 2.24) is 10.1 Å². The van der Waals surface area contributed by atoms with Crippen LogP contribution in [0.15, 0.2) is 57.9 Å². The van der Waals surface area contributed by atoms with Crippen LogP contribution < -0.4 is 0 Å². The second kappa shape index (κ2) is 6.32. The summed E-state index contributed by atoms with van der Waals surface area (Å²) in [6, 6.07) is 15.5. The highest BCUT2D eigenvalue weighted by Crippen LogP contribution is 2.28. The highest BCUT2D eigenvalue weighted by molar-refractivity contribution is 7.84. The number of rotatable bonds is 3. The van der Waals surface area contributed by atoms with E-state index < -0.39 is 10.8 Å². The van der Waals surface area contributed by atoms with Crippen molar-refractivity contribution in [2.45, 2.75) is 31.1 Å². The van der Waals surface area contributed by atoms with Gasteiger partial charge in [-0.15, -0.1) is 0 Å². The molecular formula is C19H20N2O2S. The molecule has 5 heteroatoms. The molecule has 0 aliphatic heterocycles. The van der Waals surface area contributed by atoms with Crippen molar-refractivity contribution in [3.8, 4) is 22.8 Å². The highest BCUT2D eigenvalue weighted by atomic mass is 32.2. The number of aromatic nitrogens is 2. The van der Waals surface area contributed by atoms with E-state index in [2.05, 4.69) is 43.0 Å². The maximum absolute atomic E-state index is 11.9. The van der Waals surface area contributed by atoms with Crippen LogP contribution in [0.5, 0.6) is 0 Å². The zero-order chi connectivity index (χ0) is 17.3. The van der Waals surface area contributed by atoms with E-state index in [1.165, 1.54) is 5.56 Å². The van der Waals surface area contributed by atoms with Gasteiger partial charge in [-0.1, -0.05) is 62.3 Å². The molecule has 0 radical (unpaired) electrons. The third-order valence-electron chi connectivity index (χ3n) is 3.86. The maximum atomic E-state index is 11.9. The fraction of sp³-hybridized carbons (Fsp3) is 0.263. The molecule has 3 rings (SSSR count). The smallest absolute Gasteiger partial charge is 0.259 e. The van der Waals surface area contributed by atoms with Crippen molar-refractivity contribution in [1.29, 1.82) is 0 Å². The molecule has 0 N–H and O–H groups in total. The number of hydrogen-bond acceptors (Lipinski definition) is 4. The Morgan fingerprint density at radius 2 is 1.67 bits per heavy atom. The molecule has 24 heavy (non-hydrogen) atoms. The number of hydrogen-bond donors (Lipinski definition) is 0. The van der Waals surface area contributed by atoms with E-state index in [1.54, 1.807) is 6.26 Å². The Morgan fingerprint density at radius 1 is 1.00 bits per heavy atom. The zero-order valence-corrected chi connectivity index (χ0v) is 15.1. The van der Waals surface area contributed by atoms with E-state index in [9.17, 15) is 4.21 Å². The first-order valence-electron chi connectivity index (χ1n) is 7.74. The first-order chi connectivity index (χ1) is 11.4. The Labute approximate surface area is 144 Å². The van der Waals surface area contributed by atoms with Gasteiger partial charge in [-0.25, -0.2) is 0 Å². The standard InChI is InChI=1S/C19H20N2O2S/c1-19(2,3)14-11-9-13(10-12-14)17-20-18(23-21-17)15-7-5-6-8-16(15)24(4)22/h5-12H,1-4H3/t24-/m1/s1. The van der Waals surface area contributed by atoms with Gasteiger partial charge in [0.25, 0.3) is 5.89 Å². The minimum Gasteiger partial charge on any atom is -0.334 e. The third-order valence-corrected chi connectivity index (χ3v) is 4.84. The van der Waals surface area contributed by atoms with Crippen LogP contribution >= 0.6 is 0 Å². The van der Waals surface area contributed by atoms with E-state index in [0.717, 1.165) is 5.56 Å². The van der Waals surface area contributed by atoms with Crippen LogP contribution in [-0.2, 0) is 16.2 Å². The lowest BCUT2D eigenvalue weighted by molar-refractivity contribution is 0.431. The van der Waals surface area contributed by atoms with E-state index in [4.69, 9.17) is 4.52 Å². The molecular weight excluding hydrogens is 320 g/mol. The summed E-state index contributed by atoms with van der Waals surface area (Å²) in [7, 11) is -1.12. The summed E-state index contributed by atoms with van der Waals surface area (Å²) in [5, 5.41) is 4.07. The quantitative estimate of drug-likeness (QED) is 0.707. The lowest BCUT2D eigenvalue weighted by Gasteiger charge is -2.18. The molecule has 0 fully saturated rings. The Hall–Kier alpha value is -2.27. The first-order valence-corrected chi connectivity index (χ1v) is 9.29. The molecule has 3 aromatic rings. The van der Waals surface area contributed by atoms with Crippen molar-refractivity contribution >= 4 is 10.8 Å². The van der Waals surface area contributed by atoms with Crippen LogP contribution in [-0.4, -0.2) is 20.6 Å². The van der Waals surface area contributed by atoms with Gasteiger partial charge in [-0.2, -0.15) is 4.98 Å². The van der Waals surface area contributed by atoms with E-state index in [0.29, 0.717) is 22.2 Å². The van der Waals surface area contributed by atoms with E-state index in [1.807, 2.05) is 36.4 Å². The van der Waals surface area contributed by atoms with E-state index >= 15 is 0 Å². The van der Waals surface area contributed by atoms with Crippen LogP contribution in [0.3, 0.4) is 0 Å². The zero-order valence-electron chi connectivity index (χ0n) is 14.2. The third kappa shape index (κ3) is 3.31. The van der Waals surface area contributed by atoms with Crippen molar-refractivity contribution in [3.05, 3.63) is 54.1 Å². The second-order valence-corrected chi connectivity index (χ2v) is 8.05. The molecule has 1 atom stereocenters. The molecule has 0 amide bonds. The van der Waals surface area contributed by atoms with Gasteiger partial charge in [0.05, 0.1) is 21.3 Å². The van der Waals surface area contributed by atoms with Crippen molar-refractivity contribution in [2.24, 2.45) is 0 Å². The first kappa shape index (κ1) is 16.6. The average molecular weight is 340 g/mol. The summed E-state index contributed by atoms with van der Waals surface area (Å²) >= 11 is 0. The normalized spacial score (nSPS) is 13.0. The van der Waals surface area contributed by atoms with Gasteiger partial charge in [0.15, 0.2) is 0 Å². The molecule has 0 spiro atoms. The van der Waals surface area contributed by atoms with Crippen LogP contribution in [0.1, 0.15) is 26.3 Å². The van der Waals surface area contributed by atoms with E-state index in [-0.39, 0.29) is 5.41 Å². The molecule has 0 aliphatic carbocycles. The Morgan fingerprint density at radius 3 is 2.29 bits per heavy atom. The SMILES string of the molecule is C[S@@](=O)c1ccccc1-c1nc(-c2ccc(C(C)(C)C)cc2)no1. The Bertz CT molecular complexity index is 877. The van der Waals surface area contributed by atoms with Gasteiger partial charge < -0.3 is 4.52 Å². The van der Waals surface area contributed by atoms with Crippen LogP contribution in [0, 0.1) is 0 Å². The predicted molar refractivity (Wildman–Crippen MR) is 96.2 cm³/mol. The molecule has 0 saturated carbocycles. The molecule has 124 valence electrons. The summed E-state index contributed by atoms with van der Waals surface area (Å²) < 4.78 is 17.3. The van der Waals surface area contributed by atoms with Crippen molar-refractivity contribution in [2.75, 3.05) is 6.26 Å². The lowest BCUT2D eigenvalue weighted by Crippen LogP contribution is -2.10. The molecule has 4 nitrogen and oxygen atoms in total. The number of benzene rings is 2. The average Bonchev–Trinajstić information content (AvgIpc) is 3.04. The molecule has 0 aliphatic rings. The predicted octanol–water partition coefficient (Wildman–Crippen LogP) is 4.44. The number of nitrogens with zero attached hydrogens (tertiary/aromatic N) is 2. The maximum Gasteiger partial charge on any atom is 0.259 e. The largest absolute Gasteiger partial charge is 0.334 e. The van der Waals surface area contributed by atoms with Gasteiger partial charge in [0.1, 0.15) is 0 Å². The summed E-state index contributed by atoms with van der Waals surface area (Å²) in [6.45, 7) is 6.53. The minimum atomic E-state index is -1.12. The Kier molecular flexibility index (Phi) is 4.37. The molecule has 0 bridgehead atoms. The summed E-state index contributed by atoms with van der Waals surface area (Å²) in [6.07, 6.45) is 1.64. The topological polar surface area (TPSA) is 56.0 Å². The van der Waals surface area contributed by atoms with Gasteiger partial charge in [-0.05, 0) is 23.1 Å². The monoisotopic (exact) mass is 340 g/mol. The van der Waals surface area contributed by atoms with Gasteiger partial charge in [0, 0.05) is 11.8 Å². The van der Waals surface area contributed by atoms with Crippen LogP contribution in [0.4, 0.5) is 0 Å². The lowest BCUT2D eigenvalue weighted by atomic mass is 9.87. The molecule has 0 unspecified atom stereocenters. The fourth-order valence-electron chi connectivity index (χ4n) is 2.46. The molecule has 1 aromatic heterocycles. The molecule has 0 saturated heterocycles. The van der Waals surface area contributed by atoms with Crippen LogP contribution in [0.2, 0.25) is 0 Å². The van der Waals surface area contributed by atoms with Crippen molar-refractivity contribution < 1.29 is 8.73 Å². The summed E-state index contributed by atoms with van der Waals surface area (Å²) in [4.78, 5) is 5.16. The Balaban J connectivity index is 1.96. The summed E-state index contributed by atoms with van der Waals surface area (Å²) in [5.41, 5.74) is 2.96. The van der Waals surface area contributed by atoms with Crippen molar-refractivity contribution in [3.63, 3.8) is 0 Å². The van der Waals surface area contributed by atoms with Gasteiger partial charge >= 0.3 is 0 Å². The highest BCUT2D eigenvalue weighted by Gasteiger charge is 2.17. The second-order valence-electron chi connectivity index (χ2n) is 6.70. The van der Waals surface area contributed by atoms with Gasteiger partial charge in [0.2, 0.25) is 5.82 Å². The minimum absolute atomic E-state index is 0.102. The fourth-order valence-corrected chi connectivity index (χ4v) is 3.20. The molecule has 2 aromatic carbocycles. The molecule has 1 heterocycles. The van der Waals surface area contributed by atoms with Crippen LogP contribution in [0.25, 0.3) is 22.8 Å².